The predicted molar refractivity (Wildman–Crippen MR) is 70.7 cm³/mol. The largest absolute Gasteiger partial charge is 0.382 e. The first-order chi connectivity index (χ1) is 9.13. The number of hydrogen-bond donors (Lipinski definition) is 1. The molecule has 1 aliphatic heterocycles. The van der Waals surface area contributed by atoms with E-state index in [-0.39, 0.29) is 23.8 Å². The van der Waals surface area contributed by atoms with Crippen molar-refractivity contribution >= 4 is 5.91 Å². The minimum Gasteiger partial charge on any atom is -0.382 e. The lowest BCUT2D eigenvalue weighted by atomic mass is 9.90. The Kier molecular flexibility index (Phi) is 5.19. The standard InChI is InChI=1S/C14H25NO4/c1-11(17-2)3-4-13(16)15-12-5-7-14(8-6-12)18-9-10-19-14/h11-12H,3-10H2,1-2H3,(H,15,16). The number of ether oxygens (including phenoxy) is 3. The Labute approximate surface area is 115 Å². The average Bonchev–Trinajstić information content (AvgIpc) is 2.87. The van der Waals surface area contributed by atoms with E-state index in [1.165, 1.54) is 0 Å². The van der Waals surface area contributed by atoms with Gasteiger partial charge in [0, 0.05) is 32.4 Å². The van der Waals surface area contributed by atoms with Crippen LogP contribution in [0.2, 0.25) is 0 Å². The van der Waals surface area contributed by atoms with Gasteiger partial charge in [0.15, 0.2) is 5.79 Å². The van der Waals surface area contributed by atoms with Crippen molar-refractivity contribution in [3.63, 3.8) is 0 Å². The fraction of sp³-hybridized carbons (Fsp3) is 0.929. The molecular formula is C14H25NO4. The Morgan fingerprint density at radius 3 is 2.58 bits per heavy atom. The van der Waals surface area contributed by atoms with E-state index in [9.17, 15) is 4.79 Å². The first kappa shape index (κ1) is 14.8. The second kappa shape index (κ2) is 6.68. The molecule has 2 aliphatic rings. The summed E-state index contributed by atoms with van der Waals surface area (Å²) in [5.41, 5.74) is 0. The Balaban J connectivity index is 1.66. The molecule has 19 heavy (non-hydrogen) atoms. The molecule has 0 aromatic carbocycles. The second-order valence-electron chi connectivity index (χ2n) is 5.53. The molecule has 0 radical (unpaired) electrons. The normalized spacial score (nSPS) is 24.5. The van der Waals surface area contributed by atoms with E-state index in [0.717, 1.165) is 32.1 Å². The number of methoxy groups -OCH3 is 1. The molecule has 1 spiro atoms. The van der Waals surface area contributed by atoms with Crippen LogP contribution >= 0.6 is 0 Å². The minimum atomic E-state index is -0.341. The maximum Gasteiger partial charge on any atom is 0.220 e. The van der Waals surface area contributed by atoms with E-state index < -0.39 is 0 Å². The van der Waals surface area contributed by atoms with E-state index in [1.807, 2.05) is 6.92 Å². The third-order valence-corrected chi connectivity index (χ3v) is 4.11. The highest BCUT2D eigenvalue weighted by molar-refractivity contribution is 5.76. The Bertz CT molecular complexity index is 292. The molecule has 1 saturated carbocycles. The van der Waals surface area contributed by atoms with Crippen LogP contribution in [0.1, 0.15) is 45.4 Å². The summed E-state index contributed by atoms with van der Waals surface area (Å²) in [7, 11) is 1.67. The molecule has 1 heterocycles. The summed E-state index contributed by atoms with van der Waals surface area (Å²) in [5.74, 6) is -0.218. The van der Waals surface area contributed by atoms with Crippen molar-refractivity contribution in [2.45, 2.75) is 63.4 Å². The third kappa shape index (κ3) is 4.16. The highest BCUT2D eigenvalue weighted by Crippen LogP contribution is 2.35. The van der Waals surface area contributed by atoms with Gasteiger partial charge >= 0.3 is 0 Å². The van der Waals surface area contributed by atoms with Crippen LogP contribution in [-0.4, -0.2) is 44.2 Å². The zero-order chi connectivity index (χ0) is 13.7. The lowest BCUT2D eigenvalue weighted by molar-refractivity contribution is -0.180. The minimum absolute atomic E-state index is 0.123. The van der Waals surface area contributed by atoms with Crippen LogP contribution in [0.25, 0.3) is 0 Å². The van der Waals surface area contributed by atoms with Crippen LogP contribution in [0.4, 0.5) is 0 Å². The monoisotopic (exact) mass is 271 g/mol. The van der Waals surface area contributed by atoms with Gasteiger partial charge in [0.1, 0.15) is 0 Å². The number of amides is 1. The number of rotatable bonds is 5. The highest BCUT2D eigenvalue weighted by Gasteiger charge is 2.40. The van der Waals surface area contributed by atoms with Gasteiger partial charge in [-0.3, -0.25) is 4.79 Å². The van der Waals surface area contributed by atoms with Crippen molar-refractivity contribution in [3.8, 4) is 0 Å². The van der Waals surface area contributed by atoms with Gasteiger partial charge in [0.05, 0.1) is 19.3 Å². The topological polar surface area (TPSA) is 56.8 Å². The lowest BCUT2D eigenvalue weighted by Crippen LogP contribution is -2.44. The molecule has 1 amide bonds. The first-order valence-electron chi connectivity index (χ1n) is 7.24. The molecule has 5 nitrogen and oxygen atoms in total. The number of hydrogen-bond acceptors (Lipinski definition) is 4. The summed E-state index contributed by atoms with van der Waals surface area (Å²) in [5, 5.41) is 3.10. The molecule has 0 bridgehead atoms. The van der Waals surface area contributed by atoms with Crippen LogP contribution in [0, 0.1) is 0 Å². The quantitative estimate of drug-likeness (QED) is 0.825. The molecular weight excluding hydrogens is 246 g/mol. The molecule has 1 atom stereocenters. The molecule has 1 N–H and O–H groups in total. The summed E-state index contributed by atoms with van der Waals surface area (Å²) in [6, 6.07) is 0.267. The summed E-state index contributed by atoms with van der Waals surface area (Å²) in [6.07, 6.45) is 5.07. The molecule has 2 fully saturated rings. The van der Waals surface area contributed by atoms with Crippen molar-refractivity contribution in [1.82, 2.24) is 5.32 Å². The van der Waals surface area contributed by atoms with Crippen molar-refractivity contribution in [2.75, 3.05) is 20.3 Å². The lowest BCUT2D eigenvalue weighted by Gasteiger charge is -2.35. The second-order valence-corrected chi connectivity index (χ2v) is 5.53. The molecule has 0 aromatic rings. The zero-order valence-corrected chi connectivity index (χ0v) is 11.9. The van der Waals surface area contributed by atoms with Gasteiger partial charge in [-0.15, -0.1) is 0 Å². The van der Waals surface area contributed by atoms with Crippen LogP contribution in [0.15, 0.2) is 0 Å². The zero-order valence-electron chi connectivity index (χ0n) is 11.9. The van der Waals surface area contributed by atoms with Gasteiger partial charge in [-0.05, 0) is 26.2 Å². The molecule has 2 rings (SSSR count). The van der Waals surface area contributed by atoms with Crippen LogP contribution in [0.5, 0.6) is 0 Å². The third-order valence-electron chi connectivity index (χ3n) is 4.11. The molecule has 1 aliphatic carbocycles. The summed E-state index contributed by atoms with van der Waals surface area (Å²) < 4.78 is 16.5. The number of nitrogens with one attached hydrogen (secondary N) is 1. The van der Waals surface area contributed by atoms with E-state index in [4.69, 9.17) is 14.2 Å². The van der Waals surface area contributed by atoms with Crippen LogP contribution in [0.3, 0.4) is 0 Å². The van der Waals surface area contributed by atoms with Gasteiger partial charge in [0.25, 0.3) is 0 Å². The van der Waals surface area contributed by atoms with Gasteiger partial charge in [-0.25, -0.2) is 0 Å². The number of carbonyl (C=O) groups is 1. The SMILES string of the molecule is COC(C)CCC(=O)NC1CCC2(CC1)OCCO2. The van der Waals surface area contributed by atoms with Crippen molar-refractivity contribution in [3.05, 3.63) is 0 Å². The van der Waals surface area contributed by atoms with Crippen LogP contribution in [-0.2, 0) is 19.0 Å². The molecule has 1 saturated heterocycles. The fourth-order valence-corrected chi connectivity index (χ4v) is 2.74. The van der Waals surface area contributed by atoms with Crippen molar-refractivity contribution < 1.29 is 19.0 Å². The highest BCUT2D eigenvalue weighted by atomic mass is 16.7. The van der Waals surface area contributed by atoms with E-state index in [0.29, 0.717) is 19.6 Å². The molecule has 0 aromatic heterocycles. The smallest absolute Gasteiger partial charge is 0.220 e. The van der Waals surface area contributed by atoms with Gasteiger partial charge < -0.3 is 19.5 Å². The summed E-state index contributed by atoms with van der Waals surface area (Å²) in [4.78, 5) is 11.8. The fourth-order valence-electron chi connectivity index (χ4n) is 2.74. The van der Waals surface area contributed by atoms with Crippen molar-refractivity contribution in [1.29, 1.82) is 0 Å². The maximum atomic E-state index is 11.8. The van der Waals surface area contributed by atoms with E-state index >= 15 is 0 Å². The van der Waals surface area contributed by atoms with Crippen LogP contribution < -0.4 is 5.32 Å². The van der Waals surface area contributed by atoms with E-state index in [2.05, 4.69) is 5.32 Å². The Morgan fingerprint density at radius 1 is 1.37 bits per heavy atom. The number of carbonyl (C=O) groups excluding carboxylic acids is 1. The maximum absolute atomic E-state index is 11.8. The predicted octanol–water partition coefficient (Wildman–Crippen LogP) is 1.60. The molecule has 110 valence electrons. The summed E-state index contributed by atoms with van der Waals surface area (Å²) in [6.45, 7) is 3.38. The van der Waals surface area contributed by atoms with Gasteiger partial charge in [0.2, 0.25) is 5.91 Å². The van der Waals surface area contributed by atoms with Gasteiger partial charge in [-0.1, -0.05) is 0 Å². The molecule has 5 heteroatoms. The summed E-state index contributed by atoms with van der Waals surface area (Å²) >= 11 is 0. The first-order valence-corrected chi connectivity index (χ1v) is 7.24. The molecule has 1 unspecified atom stereocenters. The average molecular weight is 271 g/mol. The van der Waals surface area contributed by atoms with Gasteiger partial charge in [-0.2, -0.15) is 0 Å². The Morgan fingerprint density at radius 2 is 2.00 bits per heavy atom. The Hall–Kier alpha value is -0.650. The van der Waals surface area contributed by atoms with E-state index in [1.54, 1.807) is 7.11 Å². The van der Waals surface area contributed by atoms with Crippen molar-refractivity contribution in [2.24, 2.45) is 0 Å².